The summed E-state index contributed by atoms with van der Waals surface area (Å²) in [6.07, 6.45) is 0. The fraction of sp³-hybridized carbons (Fsp3) is 0.385. The second kappa shape index (κ2) is 6.80. The van der Waals surface area contributed by atoms with Gasteiger partial charge in [-0.3, -0.25) is 19.8 Å². The van der Waals surface area contributed by atoms with Gasteiger partial charge in [-0.05, 0) is 12.6 Å². The summed E-state index contributed by atoms with van der Waals surface area (Å²) in [5.74, 6) is -1.50. The number of nitro benzene ring substituents is 1. The zero-order valence-corrected chi connectivity index (χ0v) is 12.1. The van der Waals surface area contributed by atoms with Gasteiger partial charge in [0, 0.05) is 26.7 Å². The van der Waals surface area contributed by atoms with Crippen LogP contribution in [0.1, 0.15) is 15.9 Å². The zero-order chi connectivity index (χ0) is 16.2. The molecule has 114 valence electrons. The lowest BCUT2D eigenvalue weighted by atomic mass is 10.0. The van der Waals surface area contributed by atoms with Gasteiger partial charge in [0.15, 0.2) is 0 Å². The number of benzene rings is 1. The quantitative estimate of drug-likeness (QED) is 0.615. The predicted molar refractivity (Wildman–Crippen MR) is 75.1 cm³/mol. The summed E-state index contributed by atoms with van der Waals surface area (Å²) in [6.45, 7) is 0.220. The second-order valence-electron chi connectivity index (χ2n) is 4.83. The minimum absolute atomic E-state index is 0.0920. The minimum atomic E-state index is -1.36. The van der Waals surface area contributed by atoms with E-state index in [1.54, 1.807) is 26.0 Å². The lowest BCUT2D eigenvalue weighted by Gasteiger charge is -2.19. The van der Waals surface area contributed by atoms with Gasteiger partial charge in [-0.2, -0.15) is 0 Å². The van der Waals surface area contributed by atoms with E-state index < -0.39 is 16.6 Å². The van der Waals surface area contributed by atoms with E-state index in [0.29, 0.717) is 5.56 Å². The van der Waals surface area contributed by atoms with Crippen LogP contribution < -0.4 is 0 Å². The number of aromatic carboxylic acids is 1. The molecule has 1 amide bonds. The highest BCUT2D eigenvalue weighted by Crippen LogP contribution is 2.23. The summed E-state index contributed by atoms with van der Waals surface area (Å²) >= 11 is 0. The molecule has 8 heteroatoms. The standard InChI is InChI=1S/C13H17N3O5/c1-14(2)11(17)8-15(3)7-9-5-4-6-10(16(20)21)12(9)13(18)19/h4-6H,7-8H2,1-3H3,(H,18,19). The van der Waals surface area contributed by atoms with Gasteiger partial charge in [0.25, 0.3) is 5.69 Å². The van der Waals surface area contributed by atoms with Crippen LogP contribution in [0.3, 0.4) is 0 Å². The van der Waals surface area contributed by atoms with E-state index in [-0.39, 0.29) is 24.6 Å². The van der Waals surface area contributed by atoms with Crippen LogP contribution >= 0.6 is 0 Å². The SMILES string of the molecule is CN(CC(=O)N(C)C)Cc1cccc([N+](=O)[O-])c1C(=O)O. The first-order valence-electron chi connectivity index (χ1n) is 6.12. The van der Waals surface area contributed by atoms with E-state index >= 15 is 0 Å². The molecule has 0 saturated heterocycles. The predicted octanol–water partition coefficient (Wildman–Crippen LogP) is 0.813. The lowest BCUT2D eigenvalue weighted by molar-refractivity contribution is -0.385. The van der Waals surface area contributed by atoms with Gasteiger partial charge in [-0.1, -0.05) is 12.1 Å². The summed E-state index contributed by atoms with van der Waals surface area (Å²) in [6, 6.07) is 4.09. The number of amides is 1. The average Bonchev–Trinajstić information content (AvgIpc) is 2.37. The Labute approximate surface area is 121 Å². The highest BCUT2D eigenvalue weighted by atomic mass is 16.6. The minimum Gasteiger partial charge on any atom is -0.477 e. The Hall–Kier alpha value is -2.48. The van der Waals surface area contributed by atoms with Crippen molar-refractivity contribution in [2.75, 3.05) is 27.7 Å². The van der Waals surface area contributed by atoms with Gasteiger partial charge in [-0.25, -0.2) is 4.79 Å². The molecule has 21 heavy (non-hydrogen) atoms. The summed E-state index contributed by atoms with van der Waals surface area (Å²) < 4.78 is 0. The van der Waals surface area contributed by atoms with E-state index in [4.69, 9.17) is 0 Å². The lowest BCUT2D eigenvalue weighted by Crippen LogP contribution is -2.34. The molecular weight excluding hydrogens is 278 g/mol. The van der Waals surface area contributed by atoms with Crippen molar-refractivity contribution in [1.82, 2.24) is 9.80 Å². The van der Waals surface area contributed by atoms with Crippen molar-refractivity contribution in [3.05, 3.63) is 39.4 Å². The van der Waals surface area contributed by atoms with E-state index in [9.17, 15) is 24.8 Å². The topological polar surface area (TPSA) is 104 Å². The highest BCUT2D eigenvalue weighted by molar-refractivity contribution is 5.94. The number of nitrogens with zero attached hydrogens (tertiary/aromatic N) is 3. The van der Waals surface area contributed by atoms with Crippen molar-refractivity contribution in [3.8, 4) is 0 Å². The Bertz CT molecular complexity index is 571. The van der Waals surface area contributed by atoms with Gasteiger partial charge in [-0.15, -0.1) is 0 Å². The molecule has 8 nitrogen and oxygen atoms in total. The maximum atomic E-state index is 11.6. The van der Waals surface area contributed by atoms with Gasteiger partial charge in [0.1, 0.15) is 5.56 Å². The summed E-state index contributed by atoms with van der Waals surface area (Å²) in [4.78, 5) is 36.1. The molecule has 0 unspecified atom stereocenters. The monoisotopic (exact) mass is 295 g/mol. The third-order valence-electron chi connectivity index (χ3n) is 2.88. The maximum Gasteiger partial charge on any atom is 0.343 e. The number of nitro groups is 1. The highest BCUT2D eigenvalue weighted by Gasteiger charge is 2.24. The first-order valence-corrected chi connectivity index (χ1v) is 6.12. The number of carbonyl (C=O) groups excluding carboxylic acids is 1. The fourth-order valence-corrected chi connectivity index (χ4v) is 1.84. The molecule has 0 aliphatic rings. The van der Waals surface area contributed by atoms with Crippen molar-refractivity contribution in [1.29, 1.82) is 0 Å². The molecule has 1 aromatic rings. The molecule has 1 aromatic carbocycles. The van der Waals surface area contributed by atoms with Crippen molar-refractivity contribution >= 4 is 17.6 Å². The zero-order valence-electron chi connectivity index (χ0n) is 12.1. The molecule has 0 aliphatic heterocycles. The number of carboxylic acid groups (broad SMARTS) is 1. The molecule has 1 N–H and O–H groups in total. The van der Waals surface area contributed by atoms with E-state index in [1.807, 2.05) is 0 Å². The van der Waals surface area contributed by atoms with Gasteiger partial charge >= 0.3 is 5.97 Å². The Morgan fingerprint density at radius 3 is 2.38 bits per heavy atom. The largest absolute Gasteiger partial charge is 0.477 e. The molecule has 1 rings (SSSR count). The van der Waals surface area contributed by atoms with Crippen molar-refractivity contribution in [2.24, 2.45) is 0 Å². The van der Waals surface area contributed by atoms with Crippen molar-refractivity contribution in [2.45, 2.75) is 6.54 Å². The van der Waals surface area contributed by atoms with Crippen LogP contribution in [0.15, 0.2) is 18.2 Å². The molecule has 0 radical (unpaired) electrons. The second-order valence-corrected chi connectivity index (χ2v) is 4.83. The van der Waals surface area contributed by atoms with Crippen molar-refractivity contribution in [3.63, 3.8) is 0 Å². The van der Waals surface area contributed by atoms with Crippen molar-refractivity contribution < 1.29 is 19.6 Å². The fourth-order valence-electron chi connectivity index (χ4n) is 1.84. The summed E-state index contributed by atoms with van der Waals surface area (Å²) in [5.41, 5.74) is -0.496. The molecule has 0 atom stereocenters. The summed E-state index contributed by atoms with van der Waals surface area (Å²) in [5, 5.41) is 20.1. The maximum absolute atomic E-state index is 11.6. The number of hydrogen-bond donors (Lipinski definition) is 1. The summed E-state index contributed by atoms with van der Waals surface area (Å²) in [7, 11) is 4.88. The smallest absolute Gasteiger partial charge is 0.343 e. The third-order valence-corrected chi connectivity index (χ3v) is 2.88. The van der Waals surface area contributed by atoms with Gasteiger partial charge < -0.3 is 10.0 Å². The molecule has 0 aromatic heterocycles. The number of likely N-dealkylation sites (N-methyl/N-ethyl adjacent to an activating group) is 2. The molecular formula is C13H17N3O5. The van der Waals surface area contributed by atoms with Crippen LogP contribution in [-0.2, 0) is 11.3 Å². The van der Waals surface area contributed by atoms with Crippen LogP contribution in [0, 0.1) is 10.1 Å². The van der Waals surface area contributed by atoms with Gasteiger partial charge in [0.2, 0.25) is 5.91 Å². The Morgan fingerprint density at radius 1 is 1.29 bits per heavy atom. The third kappa shape index (κ3) is 4.25. The van der Waals surface area contributed by atoms with Gasteiger partial charge in [0.05, 0.1) is 11.5 Å². The average molecular weight is 295 g/mol. The molecule has 0 fully saturated rings. The van der Waals surface area contributed by atoms with Crippen LogP contribution in [0.5, 0.6) is 0 Å². The Kier molecular flexibility index (Phi) is 5.37. The van der Waals surface area contributed by atoms with E-state index in [2.05, 4.69) is 0 Å². The first-order chi connectivity index (χ1) is 9.73. The van der Waals surface area contributed by atoms with Crippen LogP contribution in [0.2, 0.25) is 0 Å². The number of rotatable bonds is 6. The molecule has 0 bridgehead atoms. The molecule has 0 spiro atoms. The van der Waals surface area contributed by atoms with Crippen LogP contribution in [0.25, 0.3) is 0 Å². The van der Waals surface area contributed by atoms with Crippen LogP contribution in [0.4, 0.5) is 5.69 Å². The molecule has 0 saturated carbocycles. The number of carboxylic acids is 1. The Balaban J connectivity index is 3.03. The first kappa shape index (κ1) is 16.6. The number of hydrogen-bond acceptors (Lipinski definition) is 5. The van der Waals surface area contributed by atoms with E-state index in [1.165, 1.54) is 17.0 Å². The molecule has 0 heterocycles. The number of carbonyl (C=O) groups is 2. The van der Waals surface area contributed by atoms with Crippen LogP contribution in [-0.4, -0.2) is 59.4 Å². The Morgan fingerprint density at radius 2 is 1.90 bits per heavy atom. The normalized spacial score (nSPS) is 10.5. The van der Waals surface area contributed by atoms with E-state index in [0.717, 1.165) is 6.07 Å². The molecule has 0 aliphatic carbocycles.